The maximum absolute atomic E-state index is 12.2. The number of Topliss-reactive ketones (excluding diaryl/α,β-unsaturated/α-hetero) is 1. The summed E-state index contributed by atoms with van der Waals surface area (Å²) >= 11 is 0. The van der Waals surface area contributed by atoms with Crippen LogP contribution in [0.15, 0.2) is 30.3 Å². The van der Waals surface area contributed by atoms with Crippen molar-refractivity contribution in [1.82, 2.24) is 0 Å². The van der Waals surface area contributed by atoms with E-state index in [1.165, 1.54) is 0 Å². The van der Waals surface area contributed by atoms with Gasteiger partial charge in [-0.25, -0.2) is 0 Å². The van der Waals surface area contributed by atoms with Gasteiger partial charge in [0.2, 0.25) is 0 Å². The van der Waals surface area contributed by atoms with Crippen LogP contribution < -0.4 is 0 Å². The predicted octanol–water partition coefficient (Wildman–Crippen LogP) is 3.08. The zero-order valence-electron chi connectivity index (χ0n) is 11.0. The second kappa shape index (κ2) is 6.34. The number of carboxylic acids is 1. The van der Waals surface area contributed by atoms with Gasteiger partial charge in [-0.05, 0) is 24.8 Å². The van der Waals surface area contributed by atoms with E-state index in [0.29, 0.717) is 19.3 Å². The molecular weight excluding hydrogens is 228 g/mol. The highest BCUT2D eigenvalue weighted by Gasteiger charge is 2.43. The molecule has 0 amide bonds. The molecule has 1 N–H and O–H groups in total. The number of aliphatic carboxylic acids is 1. The Hall–Kier alpha value is -1.64. The molecule has 0 aliphatic rings. The quantitative estimate of drug-likeness (QED) is 0.754. The molecule has 1 atom stereocenters. The van der Waals surface area contributed by atoms with Gasteiger partial charge in [0.05, 0.1) is 0 Å². The number of benzene rings is 1. The second-order valence-corrected chi connectivity index (χ2v) is 4.58. The van der Waals surface area contributed by atoms with Crippen molar-refractivity contribution >= 4 is 11.8 Å². The molecule has 98 valence electrons. The first-order valence-corrected chi connectivity index (χ1v) is 6.37. The van der Waals surface area contributed by atoms with Crippen molar-refractivity contribution in [1.29, 1.82) is 0 Å². The third kappa shape index (κ3) is 2.97. The molecule has 1 unspecified atom stereocenters. The SMILES string of the molecule is CCCC(=O)C(CC)(Cc1ccccc1)C(=O)O. The molecule has 3 heteroatoms. The van der Waals surface area contributed by atoms with Crippen molar-refractivity contribution < 1.29 is 14.7 Å². The minimum Gasteiger partial charge on any atom is -0.480 e. The largest absolute Gasteiger partial charge is 0.480 e. The molecule has 0 aromatic heterocycles. The molecule has 0 bridgehead atoms. The predicted molar refractivity (Wildman–Crippen MR) is 70.4 cm³/mol. The number of carbonyl (C=O) groups excluding carboxylic acids is 1. The summed E-state index contributed by atoms with van der Waals surface area (Å²) in [5, 5.41) is 9.46. The number of ketones is 1. The van der Waals surface area contributed by atoms with Gasteiger partial charge in [0.25, 0.3) is 0 Å². The van der Waals surface area contributed by atoms with E-state index in [0.717, 1.165) is 5.56 Å². The number of carboxylic acid groups (broad SMARTS) is 1. The van der Waals surface area contributed by atoms with Crippen molar-refractivity contribution in [3.8, 4) is 0 Å². The Labute approximate surface area is 108 Å². The first kappa shape index (κ1) is 14.4. The Morgan fingerprint density at radius 1 is 1.17 bits per heavy atom. The van der Waals surface area contributed by atoms with Gasteiger partial charge in [-0.2, -0.15) is 0 Å². The fraction of sp³-hybridized carbons (Fsp3) is 0.467. The van der Waals surface area contributed by atoms with Crippen molar-refractivity contribution in [3.63, 3.8) is 0 Å². The zero-order valence-corrected chi connectivity index (χ0v) is 11.0. The van der Waals surface area contributed by atoms with Gasteiger partial charge in [-0.15, -0.1) is 0 Å². The van der Waals surface area contributed by atoms with Gasteiger partial charge in [-0.1, -0.05) is 44.2 Å². The number of carbonyl (C=O) groups is 2. The average molecular weight is 248 g/mol. The van der Waals surface area contributed by atoms with E-state index in [1.807, 2.05) is 37.3 Å². The molecular formula is C15H20O3. The highest BCUT2D eigenvalue weighted by Crippen LogP contribution is 2.30. The molecule has 3 nitrogen and oxygen atoms in total. The van der Waals surface area contributed by atoms with Gasteiger partial charge in [-0.3, -0.25) is 9.59 Å². The number of rotatable bonds is 7. The van der Waals surface area contributed by atoms with Crippen LogP contribution in [-0.4, -0.2) is 16.9 Å². The Bertz CT molecular complexity index is 411. The molecule has 18 heavy (non-hydrogen) atoms. The van der Waals surface area contributed by atoms with Gasteiger partial charge in [0, 0.05) is 6.42 Å². The summed E-state index contributed by atoms with van der Waals surface area (Å²) < 4.78 is 0. The second-order valence-electron chi connectivity index (χ2n) is 4.58. The lowest BCUT2D eigenvalue weighted by atomic mass is 9.74. The molecule has 0 fully saturated rings. The summed E-state index contributed by atoms with van der Waals surface area (Å²) in [5.74, 6) is -1.17. The van der Waals surface area contributed by atoms with Crippen LogP contribution in [0.5, 0.6) is 0 Å². The van der Waals surface area contributed by atoms with Gasteiger partial charge in [0.15, 0.2) is 0 Å². The van der Waals surface area contributed by atoms with E-state index in [2.05, 4.69) is 0 Å². The Kier molecular flexibility index (Phi) is 5.08. The Balaban J connectivity index is 3.05. The van der Waals surface area contributed by atoms with Gasteiger partial charge < -0.3 is 5.11 Å². The molecule has 1 rings (SSSR count). The van der Waals surface area contributed by atoms with Crippen molar-refractivity contribution in [2.75, 3.05) is 0 Å². The smallest absolute Gasteiger partial charge is 0.317 e. The van der Waals surface area contributed by atoms with E-state index < -0.39 is 11.4 Å². The Morgan fingerprint density at radius 3 is 2.22 bits per heavy atom. The van der Waals surface area contributed by atoms with Crippen LogP contribution in [0.1, 0.15) is 38.7 Å². The van der Waals surface area contributed by atoms with E-state index >= 15 is 0 Å². The number of hydrogen-bond acceptors (Lipinski definition) is 2. The van der Waals surface area contributed by atoms with Crippen LogP contribution in [0.25, 0.3) is 0 Å². The molecule has 0 saturated heterocycles. The first-order chi connectivity index (χ1) is 8.56. The normalized spacial score (nSPS) is 13.9. The molecule has 0 aliphatic carbocycles. The van der Waals surface area contributed by atoms with Crippen LogP contribution in [0, 0.1) is 5.41 Å². The van der Waals surface area contributed by atoms with Crippen LogP contribution >= 0.6 is 0 Å². The maximum atomic E-state index is 12.2. The standard InChI is InChI=1S/C15H20O3/c1-3-8-13(16)15(4-2,14(17)18)11-12-9-6-5-7-10-12/h5-7,9-10H,3-4,8,11H2,1-2H3,(H,17,18). The number of hydrogen-bond donors (Lipinski definition) is 1. The van der Waals surface area contributed by atoms with Crippen molar-refractivity contribution in [3.05, 3.63) is 35.9 Å². The van der Waals surface area contributed by atoms with Gasteiger partial charge in [0.1, 0.15) is 11.2 Å². The van der Waals surface area contributed by atoms with Gasteiger partial charge >= 0.3 is 5.97 Å². The molecule has 0 spiro atoms. The lowest BCUT2D eigenvalue weighted by molar-refractivity contribution is -0.155. The Morgan fingerprint density at radius 2 is 1.78 bits per heavy atom. The highest BCUT2D eigenvalue weighted by molar-refractivity contribution is 6.03. The first-order valence-electron chi connectivity index (χ1n) is 6.37. The minimum atomic E-state index is -1.27. The summed E-state index contributed by atoms with van der Waals surface area (Å²) in [6.07, 6.45) is 1.62. The maximum Gasteiger partial charge on any atom is 0.317 e. The topological polar surface area (TPSA) is 54.4 Å². The molecule has 0 aliphatic heterocycles. The monoisotopic (exact) mass is 248 g/mol. The minimum absolute atomic E-state index is 0.163. The van der Waals surface area contributed by atoms with E-state index in [9.17, 15) is 14.7 Å². The van der Waals surface area contributed by atoms with Crippen LogP contribution in [0.4, 0.5) is 0 Å². The zero-order chi connectivity index (χ0) is 13.6. The van der Waals surface area contributed by atoms with Crippen LogP contribution in [-0.2, 0) is 16.0 Å². The van der Waals surface area contributed by atoms with Crippen LogP contribution in [0.3, 0.4) is 0 Å². The van der Waals surface area contributed by atoms with Crippen molar-refractivity contribution in [2.24, 2.45) is 5.41 Å². The molecule has 0 heterocycles. The summed E-state index contributed by atoms with van der Waals surface area (Å²) in [6, 6.07) is 9.34. The summed E-state index contributed by atoms with van der Waals surface area (Å²) in [4.78, 5) is 23.7. The fourth-order valence-electron chi connectivity index (χ4n) is 2.18. The highest BCUT2D eigenvalue weighted by atomic mass is 16.4. The van der Waals surface area contributed by atoms with Crippen molar-refractivity contribution in [2.45, 2.75) is 39.5 Å². The third-order valence-electron chi connectivity index (χ3n) is 3.37. The average Bonchev–Trinajstić information content (AvgIpc) is 2.37. The van der Waals surface area contributed by atoms with E-state index in [4.69, 9.17) is 0 Å². The third-order valence-corrected chi connectivity index (χ3v) is 3.37. The fourth-order valence-corrected chi connectivity index (χ4v) is 2.18. The van der Waals surface area contributed by atoms with Crippen LogP contribution in [0.2, 0.25) is 0 Å². The summed E-state index contributed by atoms with van der Waals surface area (Å²) in [6.45, 7) is 3.66. The molecule has 1 aromatic rings. The summed E-state index contributed by atoms with van der Waals surface area (Å²) in [5.41, 5.74) is -0.372. The molecule has 0 saturated carbocycles. The molecule has 1 aromatic carbocycles. The lowest BCUT2D eigenvalue weighted by Gasteiger charge is -2.26. The van der Waals surface area contributed by atoms with E-state index in [1.54, 1.807) is 6.92 Å². The van der Waals surface area contributed by atoms with E-state index in [-0.39, 0.29) is 12.2 Å². The molecule has 0 radical (unpaired) electrons. The lowest BCUT2D eigenvalue weighted by Crippen LogP contribution is -2.40. The summed E-state index contributed by atoms with van der Waals surface area (Å²) in [7, 11) is 0.